The molecule has 28 heavy (non-hydrogen) atoms. The van der Waals surface area contributed by atoms with Gasteiger partial charge in [0, 0.05) is 12.5 Å². The first-order valence-electron chi connectivity index (χ1n) is 9.85. The first-order valence-corrected chi connectivity index (χ1v) is 12.3. The number of esters is 1. The van der Waals surface area contributed by atoms with Crippen LogP contribution in [0.3, 0.4) is 0 Å². The van der Waals surface area contributed by atoms with E-state index in [1.165, 1.54) is 0 Å². The number of piperidine rings is 1. The monoisotopic (exact) mass is 414 g/mol. The zero-order valence-corrected chi connectivity index (χ0v) is 19.8. The molecule has 1 saturated heterocycles. The molecule has 1 aliphatic rings. The Morgan fingerprint density at radius 1 is 1.18 bits per heavy atom. The van der Waals surface area contributed by atoms with Crippen molar-refractivity contribution in [2.24, 2.45) is 17.3 Å². The fourth-order valence-corrected chi connectivity index (χ4v) is 4.42. The maximum atomic E-state index is 12.9. The molecule has 0 spiro atoms. The van der Waals surface area contributed by atoms with E-state index in [9.17, 15) is 14.4 Å². The minimum Gasteiger partial charge on any atom is -0.465 e. The Bertz CT molecular complexity index is 578. The number of nitrogens with zero attached hydrogens (tertiary/aromatic N) is 1. The van der Waals surface area contributed by atoms with Crippen LogP contribution in [0.4, 0.5) is 4.79 Å². The average Bonchev–Trinajstić information content (AvgIpc) is 2.50. The highest BCUT2D eigenvalue weighted by Crippen LogP contribution is 2.37. The zero-order chi connectivity index (χ0) is 21.9. The second kappa shape index (κ2) is 9.39. The Balaban J connectivity index is 3.24. The molecular formula is C20H36NO6Si. The van der Waals surface area contributed by atoms with Crippen LogP contribution in [0.2, 0.25) is 13.1 Å². The fourth-order valence-electron chi connectivity index (χ4n) is 3.37. The number of hydrogen-bond donors (Lipinski definition) is 0. The predicted molar refractivity (Wildman–Crippen MR) is 108 cm³/mol. The normalized spacial score (nSPS) is 22.2. The van der Waals surface area contributed by atoms with Crippen molar-refractivity contribution >= 4 is 27.0 Å². The molecule has 3 atom stereocenters. The predicted octanol–water partition coefficient (Wildman–Crippen LogP) is 3.63. The van der Waals surface area contributed by atoms with Crippen molar-refractivity contribution < 1.29 is 28.3 Å². The highest BCUT2D eigenvalue weighted by molar-refractivity contribution is 6.48. The second-order valence-electron chi connectivity index (χ2n) is 9.54. The maximum Gasteiger partial charge on any atom is 0.417 e. The number of carbonyl (C=O) groups excluding carboxylic acids is 3. The van der Waals surface area contributed by atoms with Crippen LogP contribution < -0.4 is 0 Å². The van der Waals surface area contributed by atoms with Crippen molar-refractivity contribution in [3.05, 3.63) is 0 Å². The SMILES string of the molecule is CCOC(=O)C1CC(C(O[Si](C)C)C(C)(C)C)CN(C(=O)OC(C)(C)C)C1=O. The van der Waals surface area contributed by atoms with E-state index < -0.39 is 38.5 Å². The van der Waals surface area contributed by atoms with Crippen LogP contribution in [-0.2, 0) is 23.5 Å². The van der Waals surface area contributed by atoms with E-state index in [2.05, 4.69) is 20.8 Å². The number of likely N-dealkylation sites (tertiary alicyclic amines) is 1. The highest BCUT2D eigenvalue weighted by atomic mass is 28.3. The molecule has 0 aromatic heterocycles. The van der Waals surface area contributed by atoms with Crippen molar-refractivity contribution in [2.45, 2.75) is 79.7 Å². The summed E-state index contributed by atoms with van der Waals surface area (Å²) in [6.45, 7) is 17.5. The third-order valence-corrected chi connectivity index (χ3v) is 5.07. The summed E-state index contributed by atoms with van der Waals surface area (Å²) in [4.78, 5) is 39.1. The minimum absolute atomic E-state index is 0.167. The zero-order valence-electron chi connectivity index (χ0n) is 18.8. The summed E-state index contributed by atoms with van der Waals surface area (Å²) in [7, 11) is -1.03. The van der Waals surface area contributed by atoms with Gasteiger partial charge < -0.3 is 13.9 Å². The standard InChI is InChI=1S/C20H36NO6Si/c1-10-25-17(23)14-11-13(15(19(2,3)4)27-28(8)9)12-21(16(14)22)18(24)26-20(5,6)7/h13-15H,10-12H2,1-9H3. The Morgan fingerprint density at radius 2 is 1.75 bits per heavy atom. The quantitative estimate of drug-likeness (QED) is 0.388. The number of carbonyl (C=O) groups is 3. The Morgan fingerprint density at radius 3 is 2.18 bits per heavy atom. The molecule has 1 fully saturated rings. The van der Waals surface area contributed by atoms with E-state index in [-0.39, 0.29) is 30.6 Å². The molecular weight excluding hydrogens is 378 g/mol. The third-order valence-electron chi connectivity index (χ3n) is 4.35. The largest absolute Gasteiger partial charge is 0.465 e. The first kappa shape index (κ1) is 24.6. The van der Waals surface area contributed by atoms with Gasteiger partial charge in [-0.2, -0.15) is 0 Å². The van der Waals surface area contributed by atoms with Crippen LogP contribution in [0.25, 0.3) is 0 Å². The smallest absolute Gasteiger partial charge is 0.417 e. The number of rotatable bonds is 5. The third kappa shape index (κ3) is 6.88. The van der Waals surface area contributed by atoms with Crippen LogP contribution in [0.5, 0.6) is 0 Å². The second-order valence-corrected chi connectivity index (χ2v) is 11.6. The van der Waals surface area contributed by atoms with Crippen LogP contribution in [0.1, 0.15) is 54.9 Å². The maximum absolute atomic E-state index is 12.9. The lowest BCUT2D eigenvalue weighted by atomic mass is 9.75. The van der Waals surface area contributed by atoms with Crippen LogP contribution >= 0.6 is 0 Å². The lowest BCUT2D eigenvalue weighted by molar-refractivity contribution is -0.160. The van der Waals surface area contributed by atoms with Crippen molar-refractivity contribution in [1.29, 1.82) is 0 Å². The van der Waals surface area contributed by atoms with Crippen molar-refractivity contribution in [2.75, 3.05) is 13.2 Å². The van der Waals surface area contributed by atoms with E-state index in [4.69, 9.17) is 13.9 Å². The summed E-state index contributed by atoms with van der Waals surface area (Å²) in [5.74, 6) is -2.37. The molecule has 3 unspecified atom stereocenters. The molecule has 1 heterocycles. The molecule has 0 saturated carbocycles. The fraction of sp³-hybridized carbons (Fsp3) is 0.850. The van der Waals surface area contributed by atoms with Gasteiger partial charge in [0.05, 0.1) is 12.7 Å². The average molecular weight is 415 g/mol. The first-order chi connectivity index (χ1) is 12.7. The van der Waals surface area contributed by atoms with E-state index in [0.717, 1.165) is 4.90 Å². The molecule has 1 aliphatic heterocycles. The van der Waals surface area contributed by atoms with E-state index >= 15 is 0 Å². The molecule has 0 aromatic carbocycles. The number of hydrogen-bond acceptors (Lipinski definition) is 6. The van der Waals surface area contributed by atoms with Gasteiger partial charge in [0.2, 0.25) is 14.9 Å². The lowest BCUT2D eigenvalue weighted by Gasteiger charge is -2.44. The highest BCUT2D eigenvalue weighted by Gasteiger charge is 2.48. The van der Waals surface area contributed by atoms with Gasteiger partial charge in [-0.25, -0.2) is 9.69 Å². The van der Waals surface area contributed by atoms with E-state index in [1.54, 1.807) is 27.7 Å². The molecule has 0 N–H and O–H groups in total. The van der Waals surface area contributed by atoms with Crippen LogP contribution in [-0.4, -0.2) is 56.8 Å². The van der Waals surface area contributed by atoms with Gasteiger partial charge in [0.15, 0.2) is 0 Å². The molecule has 161 valence electrons. The summed E-state index contributed by atoms with van der Waals surface area (Å²) in [6, 6.07) is 0. The molecule has 0 bridgehead atoms. The Kier molecular flexibility index (Phi) is 8.26. The van der Waals surface area contributed by atoms with E-state index in [1.807, 2.05) is 13.1 Å². The lowest BCUT2D eigenvalue weighted by Crippen LogP contribution is -2.56. The summed E-state index contributed by atoms with van der Waals surface area (Å²) in [5.41, 5.74) is -0.960. The summed E-state index contributed by atoms with van der Waals surface area (Å²) < 4.78 is 16.8. The molecule has 1 radical (unpaired) electrons. The van der Waals surface area contributed by atoms with Crippen molar-refractivity contribution in [1.82, 2.24) is 4.90 Å². The molecule has 7 nitrogen and oxygen atoms in total. The van der Waals surface area contributed by atoms with Crippen LogP contribution in [0.15, 0.2) is 0 Å². The molecule has 1 rings (SSSR count). The number of imide groups is 1. The number of ether oxygens (including phenoxy) is 2. The van der Waals surface area contributed by atoms with Crippen molar-refractivity contribution in [3.63, 3.8) is 0 Å². The molecule has 2 amide bonds. The van der Waals surface area contributed by atoms with Gasteiger partial charge in [-0.1, -0.05) is 20.8 Å². The van der Waals surface area contributed by atoms with Crippen LogP contribution in [0, 0.1) is 17.3 Å². The van der Waals surface area contributed by atoms with Gasteiger partial charge in [0.25, 0.3) is 0 Å². The van der Waals surface area contributed by atoms with Gasteiger partial charge >= 0.3 is 12.1 Å². The molecule has 8 heteroatoms. The van der Waals surface area contributed by atoms with Gasteiger partial charge in [-0.05, 0) is 52.6 Å². The number of amides is 2. The summed E-state index contributed by atoms with van der Waals surface area (Å²) in [6.07, 6.45) is -0.636. The summed E-state index contributed by atoms with van der Waals surface area (Å²) >= 11 is 0. The summed E-state index contributed by atoms with van der Waals surface area (Å²) in [5, 5.41) is 0. The molecule has 0 aliphatic carbocycles. The minimum atomic E-state index is -1.03. The van der Waals surface area contributed by atoms with Gasteiger partial charge in [-0.15, -0.1) is 0 Å². The van der Waals surface area contributed by atoms with Gasteiger partial charge in [0.1, 0.15) is 11.5 Å². The Hall–Kier alpha value is -1.41. The van der Waals surface area contributed by atoms with Gasteiger partial charge in [-0.3, -0.25) is 9.59 Å². The topological polar surface area (TPSA) is 82.1 Å². The van der Waals surface area contributed by atoms with Crippen molar-refractivity contribution in [3.8, 4) is 0 Å². The van der Waals surface area contributed by atoms with E-state index in [0.29, 0.717) is 6.42 Å². The Labute approximate surface area is 170 Å². The molecule has 0 aromatic rings.